The van der Waals surface area contributed by atoms with Crippen LogP contribution < -0.4 is 20.7 Å². The maximum Gasteiger partial charge on any atom is 0.315 e. The lowest BCUT2D eigenvalue weighted by molar-refractivity contribution is -0.140. The summed E-state index contributed by atoms with van der Waals surface area (Å²) in [6.07, 6.45) is 0. The number of carbonyl (C=O) groups excluding carboxylic acids is 3. The third-order valence-corrected chi connectivity index (χ3v) is 7.02. The average Bonchev–Trinajstić information content (AvgIpc) is 3.18. The highest BCUT2D eigenvalue weighted by atomic mass is 16.2. The van der Waals surface area contributed by atoms with Crippen molar-refractivity contribution < 1.29 is 14.4 Å². The number of urea groups is 1. The molecule has 7 nitrogen and oxygen atoms in total. The Morgan fingerprint density at radius 3 is 1.16 bits per heavy atom. The molecule has 0 aromatic heterocycles. The number of carbonyl (C=O) groups is 3. The number of benzene rings is 4. The lowest BCUT2D eigenvalue weighted by Gasteiger charge is -2.44. The van der Waals surface area contributed by atoms with Gasteiger partial charge in [0.15, 0.2) is 5.41 Å². The molecule has 2 atom stereocenters. The molecule has 182 valence electrons. The van der Waals surface area contributed by atoms with Crippen LogP contribution in [0.5, 0.6) is 0 Å². The molecule has 0 aliphatic carbocycles. The van der Waals surface area contributed by atoms with Gasteiger partial charge in [-0.25, -0.2) is 14.8 Å². The molecule has 37 heavy (non-hydrogen) atoms. The second kappa shape index (κ2) is 8.95. The van der Waals surface area contributed by atoms with Crippen LogP contribution in [-0.4, -0.2) is 17.8 Å². The minimum absolute atomic E-state index is 0.428. The quantitative estimate of drug-likeness (QED) is 0.406. The van der Waals surface area contributed by atoms with Crippen LogP contribution >= 0.6 is 0 Å². The summed E-state index contributed by atoms with van der Waals surface area (Å²) in [7, 11) is 0. The first-order chi connectivity index (χ1) is 18.1. The van der Waals surface area contributed by atoms with Crippen LogP contribution in [0.1, 0.15) is 23.2 Å². The molecule has 2 aliphatic heterocycles. The Balaban J connectivity index is 1.64. The molecule has 7 heteroatoms. The van der Waals surface area contributed by atoms with E-state index in [1.165, 1.54) is 10.0 Å². The van der Waals surface area contributed by atoms with E-state index in [2.05, 4.69) is 10.6 Å². The standard InChI is InChI=1S/C30H24N4O3/c35-27-30(28(36)34(24-19-11-4-12-20-24)33(27)23-17-9-3-10-18-23)25(21-13-5-1-6-14-21)31-29(37)32-26(30)22-15-7-2-8-16-22/h1-20,25-26H,(H2,31,32,37)/t25-,26-/m1/s1. The average molecular weight is 489 g/mol. The van der Waals surface area contributed by atoms with Crippen molar-refractivity contribution in [2.75, 3.05) is 10.0 Å². The Bertz CT molecular complexity index is 1330. The van der Waals surface area contributed by atoms with Gasteiger partial charge < -0.3 is 10.6 Å². The Labute approximate surface area is 214 Å². The zero-order chi connectivity index (χ0) is 25.4. The van der Waals surface area contributed by atoms with E-state index in [0.717, 1.165) is 0 Å². The van der Waals surface area contributed by atoms with Gasteiger partial charge in [0, 0.05) is 0 Å². The van der Waals surface area contributed by atoms with Crippen molar-refractivity contribution >= 4 is 29.2 Å². The molecule has 4 aromatic carbocycles. The number of hydrogen-bond acceptors (Lipinski definition) is 3. The van der Waals surface area contributed by atoms with E-state index in [4.69, 9.17) is 0 Å². The molecule has 4 amide bonds. The normalized spacial score (nSPS) is 20.6. The van der Waals surface area contributed by atoms with E-state index in [9.17, 15) is 14.4 Å². The fourth-order valence-electron chi connectivity index (χ4n) is 5.40. The lowest BCUT2D eigenvalue weighted by Crippen LogP contribution is -2.63. The van der Waals surface area contributed by atoms with Crippen LogP contribution in [-0.2, 0) is 9.59 Å². The first-order valence-electron chi connectivity index (χ1n) is 12.1. The van der Waals surface area contributed by atoms with Gasteiger partial charge >= 0.3 is 6.03 Å². The van der Waals surface area contributed by atoms with Crippen molar-refractivity contribution in [2.45, 2.75) is 12.1 Å². The molecular formula is C30H24N4O3. The van der Waals surface area contributed by atoms with E-state index < -0.39 is 35.3 Å². The zero-order valence-electron chi connectivity index (χ0n) is 19.8. The van der Waals surface area contributed by atoms with E-state index in [1.54, 1.807) is 24.3 Å². The highest BCUT2D eigenvalue weighted by Gasteiger charge is 2.70. The van der Waals surface area contributed by atoms with Gasteiger partial charge in [-0.3, -0.25) is 9.59 Å². The third-order valence-electron chi connectivity index (χ3n) is 7.02. The summed E-state index contributed by atoms with van der Waals surface area (Å²) in [5.74, 6) is -0.856. The van der Waals surface area contributed by atoms with Gasteiger partial charge in [0.1, 0.15) is 0 Å². The number of nitrogens with one attached hydrogen (secondary N) is 2. The molecule has 2 fully saturated rings. The minimum Gasteiger partial charge on any atom is -0.330 e. The van der Waals surface area contributed by atoms with Gasteiger partial charge in [-0.15, -0.1) is 0 Å². The predicted molar refractivity (Wildman–Crippen MR) is 140 cm³/mol. The SMILES string of the molecule is O=C1N[C@H](c2ccccc2)C2(C(=O)N(c3ccccc3)N(c3ccccc3)C2=O)[C@@H](c2ccccc2)N1. The van der Waals surface area contributed by atoms with Crippen LogP contribution in [0.25, 0.3) is 0 Å². The number of nitrogens with zero attached hydrogens (tertiary/aromatic N) is 2. The number of amides is 4. The molecule has 2 N–H and O–H groups in total. The second-order valence-electron chi connectivity index (χ2n) is 9.08. The van der Waals surface area contributed by atoms with Gasteiger partial charge in [-0.1, -0.05) is 97.1 Å². The fraction of sp³-hybridized carbons (Fsp3) is 0.100. The van der Waals surface area contributed by atoms with Gasteiger partial charge in [0.2, 0.25) is 0 Å². The topological polar surface area (TPSA) is 81.8 Å². The first kappa shape index (κ1) is 22.5. The molecule has 2 saturated heterocycles. The Kier molecular flexibility index (Phi) is 5.45. The molecule has 0 unspecified atom stereocenters. The molecule has 0 radical (unpaired) electrons. The minimum atomic E-state index is -1.71. The smallest absolute Gasteiger partial charge is 0.315 e. The van der Waals surface area contributed by atoms with Crippen molar-refractivity contribution in [1.29, 1.82) is 0 Å². The number of hydrazine groups is 1. The van der Waals surface area contributed by atoms with E-state index in [0.29, 0.717) is 22.5 Å². The van der Waals surface area contributed by atoms with Gasteiger partial charge in [-0.05, 0) is 35.4 Å². The summed E-state index contributed by atoms with van der Waals surface area (Å²) in [5.41, 5.74) is 0.738. The molecule has 1 spiro atoms. The Morgan fingerprint density at radius 2 is 0.811 bits per heavy atom. The molecule has 6 rings (SSSR count). The highest BCUT2D eigenvalue weighted by Crippen LogP contribution is 2.54. The molecule has 4 aromatic rings. The molecular weight excluding hydrogens is 464 g/mol. The maximum absolute atomic E-state index is 14.8. The van der Waals surface area contributed by atoms with Gasteiger partial charge in [-0.2, -0.15) is 0 Å². The van der Waals surface area contributed by atoms with Crippen molar-refractivity contribution in [2.24, 2.45) is 5.41 Å². The molecule has 0 bridgehead atoms. The number of hydrogen-bond donors (Lipinski definition) is 2. The van der Waals surface area contributed by atoms with Crippen molar-refractivity contribution in [1.82, 2.24) is 10.6 Å². The summed E-state index contributed by atoms with van der Waals surface area (Å²) in [6.45, 7) is 0. The van der Waals surface area contributed by atoms with Gasteiger partial charge in [0.25, 0.3) is 11.8 Å². The van der Waals surface area contributed by atoms with Crippen molar-refractivity contribution in [3.8, 4) is 0 Å². The monoisotopic (exact) mass is 488 g/mol. The summed E-state index contributed by atoms with van der Waals surface area (Å²) in [5, 5.41) is 8.72. The maximum atomic E-state index is 14.8. The number of para-hydroxylation sites is 2. The van der Waals surface area contributed by atoms with Crippen molar-refractivity contribution in [3.63, 3.8) is 0 Å². The summed E-state index contributed by atoms with van der Waals surface area (Å²) in [4.78, 5) is 42.7. The summed E-state index contributed by atoms with van der Waals surface area (Å²) < 4.78 is 0. The van der Waals surface area contributed by atoms with E-state index in [-0.39, 0.29) is 0 Å². The Morgan fingerprint density at radius 1 is 0.486 bits per heavy atom. The van der Waals surface area contributed by atoms with Crippen LogP contribution in [0, 0.1) is 5.41 Å². The van der Waals surface area contributed by atoms with Gasteiger partial charge in [0.05, 0.1) is 23.5 Å². The largest absolute Gasteiger partial charge is 0.330 e. The number of rotatable bonds is 4. The Hall–Kier alpha value is -4.91. The first-order valence-corrected chi connectivity index (χ1v) is 12.1. The number of anilines is 2. The zero-order valence-corrected chi connectivity index (χ0v) is 19.8. The van der Waals surface area contributed by atoms with E-state index in [1.807, 2.05) is 97.1 Å². The van der Waals surface area contributed by atoms with Crippen LogP contribution in [0.2, 0.25) is 0 Å². The lowest BCUT2D eigenvalue weighted by atomic mass is 9.67. The second-order valence-corrected chi connectivity index (χ2v) is 9.08. The summed E-state index contributed by atoms with van der Waals surface area (Å²) >= 11 is 0. The van der Waals surface area contributed by atoms with E-state index >= 15 is 0 Å². The summed E-state index contributed by atoms with van der Waals surface area (Å²) in [6, 6.07) is 34.3. The van der Waals surface area contributed by atoms with Crippen LogP contribution in [0.15, 0.2) is 121 Å². The third kappa shape index (κ3) is 3.47. The molecule has 2 heterocycles. The van der Waals surface area contributed by atoms with Crippen molar-refractivity contribution in [3.05, 3.63) is 132 Å². The van der Waals surface area contributed by atoms with Crippen LogP contribution in [0.3, 0.4) is 0 Å². The van der Waals surface area contributed by atoms with Crippen LogP contribution in [0.4, 0.5) is 16.2 Å². The molecule has 2 aliphatic rings. The fourth-order valence-corrected chi connectivity index (χ4v) is 5.40. The molecule has 0 saturated carbocycles. The highest BCUT2D eigenvalue weighted by molar-refractivity contribution is 6.27. The predicted octanol–water partition coefficient (Wildman–Crippen LogP) is 4.76.